The standard InChI is InChI=1S/C9H8BrNO3/c10-9(12)5-4-7-2-1-3-8(6-7)11(13)14/h1-3,6H,4-5H2. The summed E-state index contributed by atoms with van der Waals surface area (Å²) in [5, 5.41) is 10.4. The number of hydrogen-bond acceptors (Lipinski definition) is 3. The van der Waals surface area contributed by atoms with Gasteiger partial charge in [-0.2, -0.15) is 0 Å². The summed E-state index contributed by atoms with van der Waals surface area (Å²) in [6, 6.07) is 6.30. The molecule has 0 aromatic heterocycles. The molecule has 74 valence electrons. The zero-order chi connectivity index (χ0) is 10.6. The summed E-state index contributed by atoms with van der Waals surface area (Å²) in [6.07, 6.45) is 0.868. The third-order valence-electron chi connectivity index (χ3n) is 1.73. The van der Waals surface area contributed by atoms with Crippen LogP contribution in [0.4, 0.5) is 5.69 Å². The first-order chi connectivity index (χ1) is 6.59. The first-order valence-corrected chi connectivity index (χ1v) is 4.80. The molecule has 1 aromatic carbocycles. The fourth-order valence-electron chi connectivity index (χ4n) is 1.07. The number of benzene rings is 1. The number of halogens is 1. The van der Waals surface area contributed by atoms with Gasteiger partial charge in [-0.3, -0.25) is 14.9 Å². The Hall–Kier alpha value is -1.23. The Balaban J connectivity index is 2.73. The van der Waals surface area contributed by atoms with Crippen LogP contribution in [-0.4, -0.2) is 9.62 Å². The average Bonchev–Trinajstić information content (AvgIpc) is 2.15. The van der Waals surface area contributed by atoms with E-state index in [1.807, 2.05) is 0 Å². The number of non-ortho nitro benzene ring substituents is 1. The Morgan fingerprint density at radius 3 is 2.79 bits per heavy atom. The Bertz CT molecular complexity index is 365. The van der Waals surface area contributed by atoms with Crippen LogP contribution in [0.25, 0.3) is 0 Å². The van der Waals surface area contributed by atoms with Crippen molar-refractivity contribution in [2.45, 2.75) is 12.8 Å². The van der Waals surface area contributed by atoms with Crippen molar-refractivity contribution in [3.63, 3.8) is 0 Å². The number of nitro benzene ring substituents is 1. The van der Waals surface area contributed by atoms with Crippen molar-refractivity contribution < 1.29 is 9.72 Å². The smallest absolute Gasteiger partial charge is 0.269 e. The normalized spacial score (nSPS) is 9.79. The summed E-state index contributed by atoms with van der Waals surface area (Å²) in [7, 11) is 0. The van der Waals surface area contributed by atoms with Crippen LogP contribution in [0.2, 0.25) is 0 Å². The van der Waals surface area contributed by atoms with Crippen LogP contribution in [0.1, 0.15) is 12.0 Å². The number of carbonyl (C=O) groups excluding carboxylic acids is 1. The van der Waals surface area contributed by atoms with Crippen molar-refractivity contribution in [3.8, 4) is 0 Å². The SMILES string of the molecule is O=C(Br)CCc1cccc([N+](=O)[O-])c1. The topological polar surface area (TPSA) is 60.2 Å². The van der Waals surface area contributed by atoms with Crippen LogP contribution in [-0.2, 0) is 11.2 Å². The van der Waals surface area contributed by atoms with E-state index in [1.165, 1.54) is 12.1 Å². The molecule has 5 heteroatoms. The van der Waals surface area contributed by atoms with E-state index in [-0.39, 0.29) is 10.4 Å². The Labute approximate surface area is 89.2 Å². The molecule has 0 bridgehead atoms. The molecular formula is C9H8BrNO3. The molecule has 0 aliphatic heterocycles. The lowest BCUT2D eigenvalue weighted by molar-refractivity contribution is -0.384. The quantitative estimate of drug-likeness (QED) is 0.473. The number of nitrogens with zero attached hydrogens (tertiary/aromatic N) is 1. The molecule has 0 aliphatic rings. The third kappa shape index (κ3) is 3.26. The van der Waals surface area contributed by atoms with E-state index in [4.69, 9.17) is 0 Å². The summed E-state index contributed by atoms with van der Waals surface area (Å²) in [6.45, 7) is 0. The van der Waals surface area contributed by atoms with Crippen molar-refractivity contribution in [3.05, 3.63) is 39.9 Å². The van der Waals surface area contributed by atoms with Crippen molar-refractivity contribution in [1.29, 1.82) is 0 Å². The van der Waals surface area contributed by atoms with E-state index in [9.17, 15) is 14.9 Å². The minimum absolute atomic E-state index is 0.0597. The first kappa shape index (κ1) is 10.8. The highest BCUT2D eigenvalue weighted by Gasteiger charge is 2.06. The third-order valence-corrected chi connectivity index (χ3v) is 2.13. The van der Waals surface area contributed by atoms with Crippen molar-refractivity contribution >= 4 is 26.3 Å². The van der Waals surface area contributed by atoms with E-state index >= 15 is 0 Å². The number of hydrogen-bond donors (Lipinski definition) is 0. The van der Waals surface area contributed by atoms with Gasteiger partial charge in [0.2, 0.25) is 0 Å². The summed E-state index contributed by atoms with van der Waals surface area (Å²) >= 11 is 2.81. The van der Waals surface area contributed by atoms with Gasteiger partial charge in [0.05, 0.1) is 4.92 Å². The predicted molar refractivity (Wildman–Crippen MR) is 55.4 cm³/mol. The van der Waals surface area contributed by atoms with Gasteiger partial charge in [-0.1, -0.05) is 12.1 Å². The number of carbonyl (C=O) groups is 1. The first-order valence-electron chi connectivity index (χ1n) is 4.01. The van der Waals surface area contributed by atoms with Crippen molar-refractivity contribution in [1.82, 2.24) is 0 Å². The molecular weight excluding hydrogens is 250 g/mol. The highest BCUT2D eigenvalue weighted by molar-refractivity contribution is 9.18. The van der Waals surface area contributed by atoms with Gasteiger partial charge in [-0.05, 0) is 27.9 Å². The van der Waals surface area contributed by atoms with Gasteiger partial charge in [0, 0.05) is 18.6 Å². The van der Waals surface area contributed by atoms with Gasteiger partial charge < -0.3 is 0 Å². The van der Waals surface area contributed by atoms with Gasteiger partial charge in [0.1, 0.15) is 0 Å². The van der Waals surface area contributed by atoms with Crippen LogP contribution in [0.15, 0.2) is 24.3 Å². The Morgan fingerprint density at radius 2 is 2.21 bits per heavy atom. The second-order valence-electron chi connectivity index (χ2n) is 2.78. The van der Waals surface area contributed by atoms with Gasteiger partial charge in [0.25, 0.3) is 5.69 Å². The highest BCUT2D eigenvalue weighted by Crippen LogP contribution is 2.14. The molecule has 4 nitrogen and oxygen atoms in total. The predicted octanol–water partition coefficient (Wildman–Crippen LogP) is 2.45. The average molecular weight is 258 g/mol. The van der Waals surface area contributed by atoms with E-state index in [0.29, 0.717) is 12.8 Å². The molecule has 14 heavy (non-hydrogen) atoms. The van der Waals surface area contributed by atoms with E-state index in [1.54, 1.807) is 12.1 Å². The lowest BCUT2D eigenvalue weighted by atomic mass is 10.1. The second kappa shape index (κ2) is 4.85. The zero-order valence-electron chi connectivity index (χ0n) is 7.27. The van der Waals surface area contributed by atoms with Gasteiger partial charge in [0.15, 0.2) is 4.69 Å². The maximum absolute atomic E-state index is 10.6. The molecule has 0 saturated carbocycles. The summed E-state index contributed by atoms with van der Waals surface area (Å²) in [4.78, 5) is 20.6. The van der Waals surface area contributed by atoms with E-state index < -0.39 is 4.92 Å². The zero-order valence-corrected chi connectivity index (χ0v) is 8.86. The molecule has 0 spiro atoms. The van der Waals surface area contributed by atoms with Crippen LogP contribution in [0, 0.1) is 10.1 Å². The monoisotopic (exact) mass is 257 g/mol. The minimum Gasteiger partial charge on any atom is -0.287 e. The Morgan fingerprint density at radius 1 is 1.50 bits per heavy atom. The molecule has 1 rings (SSSR count). The molecule has 0 amide bonds. The fraction of sp³-hybridized carbons (Fsp3) is 0.222. The molecule has 0 radical (unpaired) electrons. The fourth-order valence-corrected chi connectivity index (χ4v) is 1.27. The van der Waals surface area contributed by atoms with Crippen molar-refractivity contribution in [2.75, 3.05) is 0 Å². The highest BCUT2D eigenvalue weighted by atomic mass is 79.9. The molecule has 0 aliphatic carbocycles. The van der Waals surface area contributed by atoms with Crippen LogP contribution < -0.4 is 0 Å². The Kier molecular flexibility index (Phi) is 3.76. The van der Waals surface area contributed by atoms with Crippen LogP contribution >= 0.6 is 15.9 Å². The number of nitro groups is 1. The van der Waals surface area contributed by atoms with Crippen molar-refractivity contribution in [2.24, 2.45) is 0 Å². The van der Waals surface area contributed by atoms with Gasteiger partial charge >= 0.3 is 0 Å². The minimum atomic E-state index is -0.445. The number of aryl methyl sites for hydroxylation is 1. The lowest BCUT2D eigenvalue weighted by Gasteiger charge is -1.97. The van der Waals surface area contributed by atoms with E-state index in [0.717, 1.165) is 5.56 Å². The summed E-state index contributed by atoms with van der Waals surface area (Å²) < 4.78 is -0.0935. The lowest BCUT2D eigenvalue weighted by Crippen LogP contribution is -1.93. The van der Waals surface area contributed by atoms with Gasteiger partial charge in [-0.15, -0.1) is 0 Å². The maximum atomic E-state index is 10.6. The van der Waals surface area contributed by atoms with Crippen LogP contribution in [0.3, 0.4) is 0 Å². The summed E-state index contributed by atoms with van der Waals surface area (Å²) in [5.74, 6) is 0. The maximum Gasteiger partial charge on any atom is 0.269 e. The van der Waals surface area contributed by atoms with Crippen LogP contribution in [0.5, 0.6) is 0 Å². The molecule has 0 saturated heterocycles. The van der Waals surface area contributed by atoms with Gasteiger partial charge in [-0.25, -0.2) is 0 Å². The molecule has 0 atom stereocenters. The van der Waals surface area contributed by atoms with E-state index in [2.05, 4.69) is 15.9 Å². The molecule has 0 heterocycles. The molecule has 1 aromatic rings. The molecule has 0 N–H and O–H groups in total. The number of rotatable bonds is 4. The molecule has 0 unspecified atom stereocenters. The molecule has 0 fully saturated rings. The largest absolute Gasteiger partial charge is 0.287 e. The summed E-state index contributed by atoms with van der Waals surface area (Å²) in [5.41, 5.74) is 0.858. The second-order valence-corrected chi connectivity index (χ2v) is 3.67.